The lowest BCUT2D eigenvalue weighted by Crippen LogP contribution is -2.47. The molecule has 4 aliphatic rings. The van der Waals surface area contributed by atoms with Crippen LogP contribution in [0.25, 0.3) is 0 Å². The maximum atomic E-state index is 11.1. The number of fused-ring (bicyclic) bond motifs is 5. The van der Waals surface area contributed by atoms with Crippen molar-refractivity contribution in [1.29, 1.82) is 0 Å². The van der Waals surface area contributed by atoms with Gasteiger partial charge in [0, 0.05) is 31.1 Å². The summed E-state index contributed by atoms with van der Waals surface area (Å²) in [5, 5.41) is 21.9. The number of halogens is 1. The molecular weight excluding hydrogens is 490 g/mol. The summed E-state index contributed by atoms with van der Waals surface area (Å²) in [7, 11) is 0. The minimum absolute atomic E-state index is 0.0497. The molecule has 1 heterocycles. The fourth-order valence-corrected chi connectivity index (χ4v) is 9.21. The van der Waals surface area contributed by atoms with Crippen molar-refractivity contribution in [3.8, 4) is 11.5 Å². The molecular formula is C30H38ClNO3S. The van der Waals surface area contributed by atoms with Crippen molar-refractivity contribution in [2.75, 3.05) is 37.7 Å². The smallest absolute Gasteiger partial charge is 0.134 e. The van der Waals surface area contributed by atoms with Crippen molar-refractivity contribution in [2.45, 2.75) is 57.0 Å². The van der Waals surface area contributed by atoms with Crippen LogP contribution in [0.3, 0.4) is 0 Å². The lowest BCUT2D eigenvalue weighted by atomic mass is 9.51. The van der Waals surface area contributed by atoms with Crippen molar-refractivity contribution >= 4 is 23.4 Å². The Bertz CT molecular complexity index is 1090. The van der Waals surface area contributed by atoms with E-state index < -0.39 is 0 Å². The van der Waals surface area contributed by atoms with E-state index in [1.165, 1.54) is 22.6 Å². The number of phenols is 1. The van der Waals surface area contributed by atoms with Crippen LogP contribution in [0.1, 0.15) is 61.1 Å². The third kappa shape index (κ3) is 4.34. The van der Waals surface area contributed by atoms with Gasteiger partial charge < -0.3 is 14.9 Å². The number of aliphatic hydroxyl groups excluding tert-OH is 1. The molecule has 3 aliphatic carbocycles. The third-order valence-corrected chi connectivity index (χ3v) is 11.2. The quantitative estimate of drug-likeness (QED) is 0.493. The Hall–Kier alpha value is -1.40. The number of hydrogen-bond donors (Lipinski definition) is 2. The van der Waals surface area contributed by atoms with Crippen molar-refractivity contribution in [2.24, 2.45) is 17.3 Å². The average Bonchev–Trinajstić information content (AvgIpc) is 3.20. The Balaban J connectivity index is 1.26. The maximum Gasteiger partial charge on any atom is 0.134 e. The summed E-state index contributed by atoms with van der Waals surface area (Å²) in [5.41, 5.74) is 3.70. The van der Waals surface area contributed by atoms with Gasteiger partial charge in [-0.05, 0) is 96.1 Å². The SMILES string of the molecule is C[C@]12C[C@H](c3ccc(OCCN4CCSCC4)cc3)[C@@H]3c4ccc(O)c(Cl)c4CC[C@H]3[C@@H]1CC[C@@H]2O. The van der Waals surface area contributed by atoms with Gasteiger partial charge in [0.25, 0.3) is 0 Å². The van der Waals surface area contributed by atoms with Crippen LogP contribution in [-0.2, 0) is 6.42 Å². The first kappa shape index (κ1) is 24.9. The molecule has 2 aromatic rings. The van der Waals surface area contributed by atoms with E-state index in [0.717, 1.165) is 69.7 Å². The van der Waals surface area contributed by atoms with Gasteiger partial charge in [-0.3, -0.25) is 4.90 Å². The molecule has 0 bridgehead atoms. The highest BCUT2D eigenvalue weighted by Crippen LogP contribution is 2.65. The van der Waals surface area contributed by atoms with Gasteiger partial charge in [-0.25, -0.2) is 0 Å². The Labute approximate surface area is 224 Å². The Kier molecular flexibility index (Phi) is 6.96. The number of rotatable bonds is 5. The largest absolute Gasteiger partial charge is 0.506 e. The predicted octanol–water partition coefficient (Wildman–Crippen LogP) is 6.08. The van der Waals surface area contributed by atoms with E-state index in [4.69, 9.17) is 16.3 Å². The summed E-state index contributed by atoms with van der Waals surface area (Å²) in [5.74, 6) is 5.29. The molecule has 6 rings (SSSR count). The molecule has 0 unspecified atom stereocenters. The first-order valence-electron chi connectivity index (χ1n) is 13.7. The van der Waals surface area contributed by atoms with Crippen molar-refractivity contribution in [3.63, 3.8) is 0 Å². The van der Waals surface area contributed by atoms with Crippen LogP contribution in [0.15, 0.2) is 36.4 Å². The van der Waals surface area contributed by atoms with E-state index in [1.54, 1.807) is 6.07 Å². The lowest BCUT2D eigenvalue weighted by Gasteiger charge is -2.54. The van der Waals surface area contributed by atoms with Gasteiger partial charge in [0.05, 0.1) is 11.1 Å². The van der Waals surface area contributed by atoms with Gasteiger partial charge in [-0.1, -0.05) is 36.7 Å². The number of thioether (sulfide) groups is 1. The standard InChI is InChI=1S/C30H38ClNO3S/c1-30-18-24(19-2-4-20(5-3-19)35-15-12-32-13-16-36-17-14-32)28-21-8-10-26(33)29(31)22(21)6-7-23(28)25(30)9-11-27(30)34/h2-5,8,10,23-25,27-28,33-34H,6-7,9,11-18H2,1H3/t23-,24+,25-,27-,28+,30-/m0/s1. The van der Waals surface area contributed by atoms with Crippen LogP contribution < -0.4 is 4.74 Å². The Morgan fingerprint density at radius 1 is 1.08 bits per heavy atom. The molecule has 0 spiro atoms. The summed E-state index contributed by atoms with van der Waals surface area (Å²) in [6, 6.07) is 12.6. The minimum Gasteiger partial charge on any atom is -0.506 e. The van der Waals surface area contributed by atoms with E-state index in [9.17, 15) is 10.2 Å². The van der Waals surface area contributed by atoms with Crippen LogP contribution in [0, 0.1) is 17.3 Å². The number of nitrogens with zero attached hydrogens (tertiary/aromatic N) is 1. The molecule has 2 N–H and O–H groups in total. The molecule has 0 radical (unpaired) electrons. The highest BCUT2D eigenvalue weighted by atomic mass is 35.5. The molecule has 1 saturated heterocycles. The fraction of sp³-hybridized carbons (Fsp3) is 0.600. The second kappa shape index (κ2) is 10.1. The number of phenolic OH excluding ortho intramolecular Hbond substituents is 1. The van der Waals surface area contributed by atoms with E-state index in [2.05, 4.69) is 42.2 Å². The zero-order valence-corrected chi connectivity index (χ0v) is 22.7. The minimum atomic E-state index is -0.230. The second-order valence-corrected chi connectivity index (χ2v) is 13.2. The van der Waals surface area contributed by atoms with Crippen LogP contribution in [0.2, 0.25) is 5.02 Å². The number of benzene rings is 2. The molecule has 3 fully saturated rings. The molecule has 1 aliphatic heterocycles. The maximum absolute atomic E-state index is 11.1. The summed E-state index contributed by atoms with van der Waals surface area (Å²) in [4.78, 5) is 2.49. The third-order valence-electron chi connectivity index (χ3n) is 9.86. The average molecular weight is 528 g/mol. The predicted molar refractivity (Wildman–Crippen MR) is 148 cm³/mol. The van der Waals surface area contributed by atoms with Crippen LogP contribution in [0.5, 0.6) is 11.5 Å². The van der Waals surface area contributed by atoms with E-state index in [-0.39, 0.29) is 17.3 Å². The van der Waals surface area contributed by atoms with Crippen LogP contribution in [-0.4, -0.2) is 59.0 Å². The topological polar surface area (TPSA) is 52.9 Å². The zero-order valence-electron chi connectivity index (χ0n) is 21.2. The zero-order chi connectivity index (χ0) is 24.9. The van der Waals surface area contributed by atoms with E-state index in [1.807, 2.05) is 11.8 Å². The molecule has 2 saturated carbocycles. The number of aromatic hydroxyl groups is 1. The summed E-state index contributed by atoms with van der Waals surface area (Å²) in [6.07, 6.45) is 4.73. The van der Waals surface area contributed by atoms with Gasteiger partial charge >= 0.3 is 0 Å². The van der Waals surface area contributed by atoms with Crippen molar-refractivity contribution in [3.05, 3.63) is 58.1 Å². The van der Waals surface area contributed by atoms with Gasteiger partial charge in [-0.15, -0.1) is 0 Å². The Morgan fingerprint density at radius 2 is 1.86 bits per heavy atom. The molecule has 4 nitrogen and oxygen atoms in total. The van der Waals surface area contributed by atoms with Crippen LogP contribution >= 0.6 is 23.4 Å². The first-order valence-corrected chi connectivity index (χ1v) is 15.2. The highest BCUT2D eigenvalue weighted by molar-refractivity contribution is 7.99. The highest BCUT2D eigenvalue weighted by Gasteiger charge is 2.57. The van der Waals surface area contributed by atoms with Gasteiger partial charge in [0.15, 0.2) is 0 Å². The molecule has 0 aromatic heterocycles. The summed E-state index contributed by atoms with van der Waals surface area (Å²) >= 11 is 8.65. The van der Waals surface area contributed by atoms with Gasteiger partial charge in [-0.2, -0.15) is 11.8 Å². The molecule has 2 aromatic carbocycles. The summed E-state index contributed by atoms with van der Waals surface area (Å²) in [6.45, 7) is 6.35. The molecule has 6 heteroatoms. The number of aliphatic hydroxyl groups is 1. The Morgan fingerprint density at radius 3 is 2.64 bits per heavy atom. The normalized spacial score (nSPS) is 34.0. The van der Waals surface area contributed by atoms with Crippen molar-refractivity contribution < 1.29 is 14.9 Å². The first-order chi connectivity index (χ1) is 17.5. The summed E-state index contributed by atoms with van der Waals surface area (Å²) < 4.78 is 6.12. The molecule has 0 amide bonds. The molecule has 6 atom stereocenters. The van der Waals surface area contributed by atoms with Crippen molar-refractivity contribution in [1.82, 2.24) is 4.90 Å². The van der Waals surface area contributed by atoms with Gasteiger partial charge in [0.1, 0.15) is 18.1 Å². The van der Waals surface area contributed by atoms with Crippen LogP contribution in [0.4, 0.5) is 0 Å². The van der Waals surface area contributed by atoms with E-state index in [0.29, 0.717) is 28.7 Å². The monoisotopic (exact) mass is 527 g/mol. The number of hydrogen-bond acceptors (Lipinski definition) is 5. The molecule has 194 valence electrons. The number of ether oxygens (including phenoxy) is 1. The molecule has 36 heavy (non-hydrogen) atoms. The second-order valence-electron chi connectivity index (χ2n) is 11.6. The lowest BCUT2D eigenvalue weighted by molar-refractivity contribution is -0.0322. The van der Waals surface area contributed by atoms with E-state index >= 15 is 0 Å². The fourth-order valence-electron chi connectivity index (χ4n) is 7.97. The van der Waals surface area contributed by atoms with Gasteiger partial charge in [0.2, 0.25) is 0 Å².